The van der Waals surface area contributed by atoms with Gasteiger partial charge in [0, 0.05) is 13.1 Å². The Labute approximate surface area is 160 Å². The third-order valence-electron chi connectivity index (χ3n) is 3.62. The van der Waals surface area contributed by atoms with Gasteiger partial charge in [-0.2, -0.15) is 0 Å². The molecule has 0 atom stereocenters. The van der Waals surface area contributed by atoms with Crippen LogP contribution in [0.4, 0.5) is 9.59 Å². The molecule has 0 bridgehead atoms. The number of nitrogens with one attached hydrogen (secondary N) is 3. The van der Waals surface area contributed by atoms with Crippen LogP contribution in [-0.2, 0) is 4.74 Å². The number of ether oxygens (including phenoxy) is 1. The normalized spacial score (nSPS) is 11.0. The molecule has 0 saturated carbocycles. The summed E-state index contributed by atoms with van der Waals surface area (Å²) in [6.07, 6.45) is -0.504. The molecule has 2 rings (SSSR count). The van der Waals surface area contributed by atoms with E-state index in [4.69, 9.17) is 4.74 Å². The second kappa shape index (κ2) is 9.62. The summed E-state index contributed by atoms with van der Waals surface area (Å²) in [5.41, 5.74) is 1.43. The lowest BCUT2D eigenvalue weighted by Crippen LogP contribution is -2.42. The fraction of sp³-hybridized carbons (Fsp3) is 0.333. The van der Waals surface area contributed by atoms with Crippen molar-refractivity contribution < 1.29 is 14.3 Å². The summed E-state index contributed by atoms with van der Waals surface area (Å²) in [7, 11) is 0. The summed E-state index contributed by atoms with van der Waals surface area (Å²) >= 11 is 0. The van der Waals surface area contributed by atoms with E-state index in [-0.39, 0.29) is 18.6 Å². The maximum Gasteiger partial charge on any atom is 0.407 e. The van der Waals surface area contributed by atoms with E-state index in [1.54, 1.807) is 20.8 Å². The first-order valence-electron chi connectivity index (χ1n) is 8.96. The highest BCUT2D eigenvalue weighted by Gasteiger charge is 2.17. The number of carbonyl (C=O) groups is 2. The van der Waals surface area contributed by atoms with Gasteiger partial charge in [-0.1, -0.05) is 60.7 Å². The van der Waals surface area contributed by atoms with Gasteiger partial charge in [0.2, 0.25) is 0 Å². The molecule has 0 aliphatic carbocycles. The molecule has 0 heterocycles. The first kappa shape index (κ1) is 20.3. The van der Waals surface area contributed by atoms with E-state index < -0.39 is 11.7 Å². The zero-order chi connectivity index (χ0) is 19.7. The van der Waals surface area contributed by atoms with Crippen molar-refractivity contribution in [3.8, 4) is 0 Å². The first-order valence-corrected chi connectivity index (χ1v) is 8.96. The second-order valence-electron chi connectivity index (χ2n) is 7.08. The molecule has 6 nitrogen and oxygen atoms in total. The minimum absolute atomic E-state index is 0.258. The average Bonchev–Trinajstić information content (AvgIpc) is 2.63. The smallest absolute Gasteiger partial charge is 0.407 e. The lowest BCUT2D eigenvalue weighted by molar-refractivity contribution is 0.0528. The van der Waals surface area contributed by atoms with E-state index in [1.165, 1.54) is 0 Å². The van der Waals surface area contributed by atoms with Crippen LogP contribution in [0.3, 0.4) is 0 Å². The van der Waals surface area contributed by atoms with Crippen LogP contribution >= 0.6 is 0 Å². The molecular weight excluding hydrogens is 342 g/mol. The van der Waals surface area contributed by atoms with E-state index in [9.17, 15) is 9.59 Å². The van der Waals surface area contributed by atoms with Crippen molar-refractivity contribution in [3.63, 3.8) is 0 Å². The highest BCUT2D eigenvalue weighted by molar-refractivity contribution is 5.75. The Morgan fingerprint density at radius 1 is 0.852 bits per heavy atom. The van der Waals surface area contributed by atoms with Gasteiger partial charge in [-0.25, -0.2) is 9.59 Å². The largest absolute Gasteiger partial charge is 0.444 e. The molecule has 0 spiro atoms. The Morgan fingerprint density at radius 2 is 1.33 bits per heavy atom. The molecule has 0 aliphatic rings. The predicted molar refractivity (Wildman–Crippen MR) is 105 cm³/mol. The molecule has 0 unspecified atom stereocenters. The van der Waals surface area contributed by atoms with Crippen LogP contribution in [0.5, 0.6) is 0 Å². The van der Waals surface area contributed by atoms with Crippen LogP contribution in [0.25, 0.3) is 0 Å². The van der Waals surface area contributed by atoms with Crippen molar-refractivity contribution in [2.45, 2.75) is 32.4 Å². The molecule has 0 radical (unpaired) electrons. The van der Waals surface area contributed by atoms with Gasteiger partial charge >= 0.3 is 12.1 Å². The molecule has 0 saturated heterocycles. The van der Waals surface area contributed by atoms with Crippen molar-refractivity contribution >= 4 is 12.1 Å². The molecule has 144 valence electrons. The van der Waals surface area contributed by atoms with Crippen LogP contribution in [0.2, 0.25) is 0 Å². The van der Waals surface area contributed by atoms with Gasteiger partial charge in [0.05, 0.1) is 6.04 Å². The molecule has 0 fully saturated rings. The van der Waals surface area contributed by atoms with E-state index >= 15 is 0 Å². The van der Waals surface area contributed by atoms with Crippen molar-refractivity contribution in [2.24, 2.45) is 0 Å². The van der Waals surface area contributed by atoms with Crippen molar-refractivity contribution in [1.29, 1.82) is 0 Å². The molecule has 2 aromatic rings. The summed E-state index contributed by atoms with van der Waals surface area (Å²) in [5.74, 6) is 0. The molecule has 27 heavy (non-hydrogen) atoms. The van der Waals surface area contributed by atoms with E-state index in [1.807, 2.05) is 60.7 Å². The van der Waals surface area contributed by atoms with Gasteiger partial charge < -0.3 is 20.7 Å². The maximum atomic E-state index is 12.3. The summed E-state index contributed by atoms with van der Waals surface area (Å²) in [6, 6.07) is 19.0. The van der Waals surface area contributed by atoms with Crippen LogP contribution in [-0.4, -0.2) is 30.8 Å². The number of urea groups is 1. The van der Waals surface area contributed by atoms with Crippen LogP contribution in [0.1, 0.15) is 37.9 Å². The number of benzene rings is 2. The van der Waals surface area contributed by atoms with Crippen molar-refractivity contribution in [2.75, 3.05) is 13.1 Å². The minimum Gasteiger partial charge on any atom is -0.444 e. The summed E-state index contributed by atoms with van der Waals surface area (Å²) in [4.78, 5) is 23.9. The summed E-state index contributed by atoms with van der Waals surface area (Å²) in [6.45, 7) is 5.97. The lowest BCUT2D eigenvalue weighted by Gasteiger charge is -2.21. The van der Waals surface area contributed by atoms with Gasteiger partial charge in [0.15, 0.2) is 0 Å². The third-order valence-corrected chi connectivity index (χ3v) is 3.62. The Morgan fingerprint density at radius 3 is 1.81 bits per heavy atom. The third kappa shape index (κ3) is 7.40. The standard InChI is InChI=1S/C21H27N3O3/c1-21(2,3)27-20(26)23-15-14-22-19(25)24-18(16-10-6-4-7-11-16)17-12-8-5-9-13-17/h4-13,18H,14-15H2,1-3H3,(H,23,26)(H2,22,24,25). The van der Waals surface area contributed by atoms with Gasteiger partial charge in [0.25, 0.3) is 0 Å². The topological polar surface area (TPSA) is 79.5 Å². The van der Waals surface area contributed by atoms with Crippen molar-refractivity contribution in [1.82, 2.24) is 16.0 Å². The monoisotopic (exact) mass is 369 g/mol. The lowest BCUT2D eigenvalue weighted by atomic mass is 9.99. The first-order chi connectivity index (χ1) is 12.8. The zero-order valence-corrected chi connectivity index (χ0v) is 16.0. The van der Waals surface area contributed by atoms with E-state index in [0.717, 1.165) is 11.1 Å². The van der Waals surface area contributed by atoms with Gasteiger partial charge in [0.1, 0.15) is 5.60 Å². The van der Waals surface area contributed by atoms with Crippen molar-refractivity contribution in [3.05, 3.63) is 71.8 Å². The second-order valence-corrected chi connectivity index (χ2v) is 7.08. The Bertz CT molecular complexity index is 688. The number of carbonyl (C=O) groups excluding carboxylic acids is 2. The number of alkyl carbamates (subject to hydrolysis) is 1. The number of hydrogen-bond acceptors (Lipinski definition) is 3. The minimum atomic E-state index is -0.548. The van der Waals surface area contributed by atoms with E-state index in [2.05, 4.69) is 16.0 Å². The Kier molecular flexibility index (Phi) is 7.23. The quantitative estimate of drug-likeness (QED) is 0.681. The molecule has 3 amide bonds. The average molecular weight is 369 g/mol. The molecule has 2 aromatic carbocycles. The fourth-order valence-electron chi connectivity index (χ4n) is 2.49. The Balaban J connectivity index is 1.87. The Hall–Kier alpha value is -3.02. The molecule has 0 aliphatic heterocycles. The van der Waals surface area contributed by atoms with Gasteiger partial charge in [-0.3, -0.25) is 0 Å². The predicted octanol–water partition coefficient (Wildman–Crippen LogP) is 3.60. The SMILES string of the molecule is CC(C)(C)OC(=O)NCCNC(=O)NC(c1ccccc1)c1ccccc1. The molecule has 6 heteroatoms. The van der Waals surface area contributed by atoms with Gasteiger partial charge in [-0.15, -0.1) is 0 Å². The highest BCUT2D eigenvalue weighted by atomic mass is 16.6. The molecule has 3 N–H and O–H groups in total. The highest BCUT2D eigenvalue weighted by Crippen LogP contribution is 2.21. The number of rotatable bonds is 6. The van der Waals surface area contributed by atoms with Gasteiger partial charge in [-0.05, 0) is 31.9 Å². The zero-order valence-electron chi connectivity index (χ0n) is 16.0. The summed E-state index contributed by atoms with van der Waals surface area (Å²) < 4.78 is 5.15. The van der Waals surface area contributed by atoms with E-state index in [0.29, 0.717) is 6.54 Å². The number of amides is 3. The fourth-order valence-corrected chi connectivity index (χ4v) is 2.49. The summed E-state index contributed by atoms with van der Waals surface area (Å²) in [5, 5.41) is 8.34. The number of hydrogen-bond donors (Lipinski definition) is 3. The van der Waals surface area contributed by atoms with Crippen LogP contribution in [0.15, 0.2) is 60.7 Å². The van der Waals surface area contributed by atoms with Crippen LogP contribution in [0, 0.1) is 0 Å². The molecular formula is C21H27N3O3. The maximum absolute atomic E-state index is 12.3. The van der Waals surface area contributed by atoms with Crippen LogP contribution < -0.4 is 16.0 Å². The molecule has 0 aromatic heterocycles.